The van der Waals surface area contributed by atoms with Crippen LogP contribution in [0, 0.1) is 18.3 Å². The number of aryl methyl sites for hydroxylation is 1. The molecule has 0 saturated carbocycles. The Morgan fingerprint density at radius 3 is 1.74 bits per heavy atom. The molecule has 0 aliphatic carbocycles. The lowest BCUT2D eigenvalue weighted by Gasteiger charge is -2.40. The van der Waals surface area contributed by atoms with Gasteiger partial charge in [0.2, 0.25) is 0 Å². The number of rotatable bonds is 8. The Labute approximate surface area is 182 Å². The van der Waals surface area contributed by atoms with Crippen LogP contribution < -0.4 is 0 Å². The lowest BCUT2D eigenvalue weighted by molar-refractivity contribution is -0.441. The average molecular weight is 521 g/mol. The van der Waals surface area contributed by atoms with Gasteiger partial charge in [-0.1, -0.05) is 18.2 Å². The number of alkyl halides is 13. The number of carbonyl (C=O) groups is 1. The van der Waals surface area contributed by atoms with Crippen LogP contribution in [0.2, 0.25) is 0 Å². The molecule has 1 aromatic rings. The van der Waals surface area contributed by atoms with E-state index < -0.39 is 64.4 Å². The van der Waals surface area contributed by atoms with Crippen LogP contribution >= 0.6 is 0 Å². The summed E-state index contributed by atoms with van der Waals surface area (Å²) in [5.74, 6) is -40.7. The molecule has 0 aromatic heterocycles. The molecule has 0 bridgehead atoms. The van der Waals surface area contributed by atoms with E-state index in [0.717, 1.165) is 0 Å². The predicted molar refractivity (Wildman–Crippen MR) is 85.9 cm³/mol. The van der Waals surface area contributed by atoms with Gasteiger partial charge in [0.05, 0.1) is 12.7 Å². The molecule has 0 heterocycles. The van der Waals surface area contributed by atoms with Gasteiger partial charge in [-0.3, -0.25) is 4.79 Å². The highest BCUT2D eigenvalue weighted by Gasteiger charge is 2.90. The second kappa shape index (κ2) is 8.81. The molecule has 0 N–H and O–H groups in total. The molecule has 0 saturated heterocycles. The van der Waals surface area contributed by atoms with Gasteiger partial charge in [-0.25, -0.2) is 0 Å². The number of ether oxygens (including phenoxy) is 1. The summed E-state index contributed by atoms with van der Waals surface area (Å²) in [4.78, 5) is 11.7. The highest BCUT2D eigenvalue weighted by Crippen LogP contribution is 2.62. The van der Waals surface area contributed by atoms with E-state index in [1.807, 2.05) is 0 Å². The van der Waals surface area contributed by atoms with Crippen LogP contribution in [0.25, 0.3) is 0 Å². The van der Waals surface area contributed by atoms with E-state index in [4.69, 9.17) is 5.26 Å². The van der Waals surface area contributed by atoms with Crippen LogP contribution in [0.5, 0.6) is 0 Å². The van der Waals surface area contributed by atoms with Crippen molar-refractivity contribution in [2.24, 2.45) is 0 Å². The number of halogens is 13. The molecule has 0 aliphatic rings. The summed E-state index contributed by atoms with van der Waals surface area (Å²) >= 11 is 0. The number of esters is 1. The number of hydrogen-bond donors (Lipinski definition) is 0. The first-order chi connectivity index (χ1) is 15.1. The molecule has 16 heteroatoms. The molecular formula is C18H12F13NO2. The molecule has 1 atom stereocenters. The molecular weight excluding hydrogens is 509 g/mol. The molecule has 0 fully saturated rings. The molecule has 34 heavy (non-hydrogen) atoms. The summed E-state index contributed by atoms with van der Waals surface area (Å²) < 4.78 is 178. The zero-order valence-corrected chi connectivity index (χ0v) is 16.7. The van der Waals surface area contributed by atoms with E-state index in [-0.39, 0.29) is 12.7 Å². The third kappa shape index (κ3) is 4.24. The summed E-state index contributed by atoms with van der Waals surface area (Å²) in [6.45, 7) is 1.59. The number of nitriles is 1. The van der Waals surface area contributed by atoms with Crippen molar-refractivity contribution in [3.8, 4) is 6.07 Å². The van der Waals surface area contributed by atoms with E-state index >= 15 is 0 Å². The topological polar surface area (TPSA) is 50.1 Å². The lowest BCUT2D eigenvalue weighted by Crippen LogP contribution is -2.69. The Hall–Kier alpha value is -2.73. The van der Waals surface area contributed by atoms with Gasteiger partial charge in [-0.2, -0.15) is 62.3 Å². The first kappa shape index (κ1) is 29.3. The van der Waals surface area contributed by atoms with E-state index in [1.54, 1.807) is 0 Å². The van der Waals surface area contributed by atoms with Gasteiger partial charge in [0.1, 0.15) is 0 Å². The summed E-state index contributed by atoms with van der Waals surface area (Å²) in [5.41, 5.74) is -3.77. The molecule has 0 spiro atoms. The molecule has 0 aliphatic heterocycles. The number of carbonyl (C=O) groups excluding carboxylic acids is 1. The average Bonchev–Trinajstić information content (AvgIpc) is 2.67. The van der Waals surface area contributed by atoms with Crippen molar-refractivity contribution >= 4 is 5.97 Å². The third-order valence-corrected chi connectivity index (χ3v) is 4.51. The van der Waals surface area contributed by atoms with Crippen molar-refractivity contribution in [2.45, 2.75) is 55.6 Å². The molecule has 1 rings (SSSR count). The molecule has 1 unspecified atom stereocenters. The second-order valence-electron chi connectivity index (χ2n) is 6.76. The van der Waals surface area contributed by atoms with Gasteiger partial charge < -0.3 is 4.74 Å². The maximum atomic E-state index is 14.4. The molecule has 192 valence electrons. The van der Waals surface area contributed by atoms with Gasteiger partial charge in [-0.05, 0) is 25.0 Å². The fourth-order valence-corrected chi connectivity index (χ4v) is 2.65. The summed E-state index contributed by atoms with van der Waals surface area (Å²) in [6, 6.07) is 2.06. The van der Waals surface area contributed by atoms with Crippen molar-refractivity contribution < 1.29 is 66.6 Å². The number of benzene rings is 1. The van der Waals surface area contributed by atoms with Crippen LogP contribution in [0.3, 0.4) is 0 Å². The van der Waals surface area contributed by atoms with Crippen molar-refractivity contribution in [1.29, 1.82) is 5.26 Å². The smallest absolute Gasteiger partial charge is 0.460 e. The third-order valence-electron chi connectivity index (χ3n) is 4.51. The van der Waals surface area contributed by atoms with Crippen molar-refractivity contribution in [2.75, 3.05) is 6.61 Å². The number of hydrogen-bond acceptors (Lipinski definition) is 3. The Balaban J connectivity index is 3.61. The Morgan fingerprint density at radius 2 is 1.35 bits per heavy atom. The Bertz CT molecular complexity index is 964. The Kier molecular flexibility index (Phi) is 7.59. The van der Waals surface area contributed by atoms with E-state index in [9.17, 15) is 61.9 Å². The van der Waals surface area contributed by atoms with E-state index in [1.165, 1.54) is 13.0 Å². The van der Waals surface area contributed by atoms with Crippen molar-refractivity contribution in [3.63, 3.8) is 0 Å². The highest BCUT2D eigenvalue weighted by molar-refractivity contribution is 5.81. The molecule has 1 aromatic carbocycles. The molecule has 0 radical (unpaired) electrons. The Morgan fingerprint density at radius 1 is 0.882 bits per heavy atom. The van der Waals surface area contributed by atoms with Gasteiger partial charge >= 0.3 is 41.8 Å². The minimum absolute atomic E-state index is 0.0989. The SMILES string of the molecule is CCOC(=O)C(C#N)c1ccc(C(F)(F)C(F)(F)C(F)(F)C(F)(F)C(F)(F)C(F)(F)F)c(C)c1. The van der Waals surface area contributed by atoms with E-state index in [2.05, 4.69) is 4.74 Å². The zero-order chi connectivity index (χ0) is 27.1. The van der Waals surface area contributed by atoms with Crippen LogP contribution in [0.1, 0.15) is 29.5 Å². The van der Waals surface area contributed by atoms with Crippen molar-refractivity contribution in [1.82, 2.24) is 0 Å². The monoisotopic (exact) mass is 521 g/mol. The standard InChI is InChI=1S/C18H12F13NO2/c1-3-34-12(33)10(7-32)9-4-5-11(8(2)6-9)13(19,20)14(21,22)15(23,24)16(25,26)17(27,28)18(29,30)31/h4-6,10H,3H2,1-2H3. The number of nitrogens with zero attached hydrogens (tertiary/aromatic N) is 1. The molecule has 3 nitrogen and oxygen atoms in total. The molecule has 0 amide bonds. The second-order valence-corrected chi connectivity index (χ2v) is 6.76. The normalized spacial score (nSPS) is 15.0. The summed E-state index contributed by atoms with van der Waals surface area (Å²) in [6.07, 6.45) is -7.50. The van der Waals surface area contributed by atoms with Gasteiger partial charge in [0.15, 0.2) is 5.92 Å². The fourth-order valence-electron chi connectivity index (χ4n) is 2.65. The van der Waals surface area contributed by atoms with Gasteiger partial charge in [-0.15, -0.1) is 0 Å². The quantitative estimate of drug-likeness (QED) is 0.296. The maximum Gasteiger partial charge on any atom is 0.460 e. The largest absolute Gasteiger partial charge is 0.465 e. The lowest BCUT2D eigenvalue weighted by atomic mass is 9.87. The van der Waals surface area contributed by atoms with Gasteiger partial charge in [0, 0.05) is 5.56 Å². The maximum absolute atomic E-state index is 14.4. The first-order valence-corrected chi connectivity index (χ1v) is 8.69. The van der Waals surface area contributed by atoms with Crippen LogP contribution in [0.4, 0.5) is 57.1 Å². The predicted octanol–water partition coefficient (Wildman–Crippen LogP) is 6.36. The highest BCUT2D eigenvalue weighted by atomic mass is 19.4. The van der Waals surface area contributed by atoms with E-state index in [0.29, 0.717) is 19.1 Å². The fraction of sp³-hybridized carbons (Fsp3) is 0.556. The summed E-state index contributed by atoms with van der Waals surface area (Å²) in [5, 5.41) is 9.00. The zero-order valence-electron chi connectivity index (χ0n) is 16.7. The van der Waals surface area contributed by atoms with Gasteiger partial charge in [0.25, 0.3) is 0 Å². The van der Waals surface area contributed by atoms with Crippen LogP contribution in [-0.2, 0) is 15.5 Å². The first-order valence-electron chi connectivity index (χ1n) is 8.69. The van der Waals surface area contributed by atoms with Crippen molar-refractivity contribution in [3.05, 3.63) is 34.9 Å². The minimum Gasteiger partial charge on any atom is -0.465 e. The van der Waals surface area contributed by atoms with Crippen LogP contribution in [0.15, 0.2) is 18.2 Å². The summed E-state index contributed by atoms with van der Waals surface area (Å²) in [7, 11) is 0. The van der Waals surface area contributed by atoms with Crippen LogP contribution in [-0.4, -0.2) is 42.4 Å². The minimum atomic E-state index is -8.01.